The van der Waals surface area contributed by atoms with Crippen molar-refractivity contribution in [1.82, 2.24) is 14.5 Å². The van der Waals surface area contributed by atoms with Crippen molar-refractivity contribution in [2.75, 3.05) is 33.8 Å². The Balaban J connectivity index is 2.01. The fourth-order valence-electron chi connectivity index (χ4n) is 2.83. The maximum absolute atomic E-state index is 12.9. The SMILES string of the molecule is CNC(=O)CN(C)C(=O)COC(=O)[C@@H]1CCCN1S(=O)(=O)c1ccc(C)cc1. The van der Waals surface area contributed by atoms with Crippen molar-refractivity contribution in [2.24, 2.45) is 0 Å². The van der Waals surface area contributed by atoms with Gasteiger partial charge in [0.15, 0.2) is 6.61 Å². The number of sulfonamides is 1. The molecule has 0 bridgehead atoms. The second-order valence-corrected chi connectivity index (χ2v) is 8.51. The molecule has 28 heavy (non-hydrogen) atoms. The Morgan fingerprint density at radius 1 is 1.25 bits per heavy atom. The molecule has 1 aliphatic heterocycles. The highest BCUT2D eigenvalue weighted by atomic mass is 32.2. The molecule has 0 radical (unpaired) electrons. The third-order valence-electron chi connectivity index (χ3n) is 4.53. The van der Waals surface area contributed by atoms with Crippen LogP contribution in [0.15, 0.2) is 29.2 Å². The van der Waals surface area contributed by atoms with Crippen molar-refractivity contribution in [3.05, 3.63) is 29.8 Å². The van der Waals surface area contributed by atoms with Crippen molar-refractivity contribution >= 4 is 27.8 Å². The van der Waals surface area contributed by atoms with E-state index in [9.17, 15) is 22.8 Å². The van der Waals surface area contributed by atoms with E-state index in [0.717, 1.165) is 14.8 Å². The number of rotatable bonds is 7. The number of likely N-dealkylation sites (N-methyl/N-ethyl adjacent to an activating group) is 2. The quantitative estimate of drug-likeness (QED) is 0.627. The van der Waals surface area contributed by atoms with E-state index in [-0.39, 0.29) is 23.9 Å². The maximum atomic E-state index is 12.9. The van der Waals surface area contributed by atoms with Gasteiger partial charge in [-0.15, -0.1) is 0 Å². The van der Waals surface area contributed by atoms with Gasteiger partial charge >= 0.3 is 5.97 Å². The smallest absolute Gasteiger partial charge is 0.324 e. The molecule has 1 aromatic carbocycles. The highest BCUT2D eigenvalue weighted by Gasteiger charge is 2.40. The Bertz CT molecular complexity index is 837. The van der Waals surface area contributed by atoms with E-state index in [2.05, 4.69) is 5.32 Å². The minimum atomic E-state index is -3.84. The molecule has 1 N–H and O–H groups in total. The van der Waals surface area contributed by atoms with Crippen LogP contribution in [0.4, 0.5) is 0 Å². The predicted molar refractivity (Wildman–Crippen MR) is 101 cm³/mol. The number of carbonyl (C=O) groups excluding carboxylic acids is 3. The number of hydrogen-bond donors (Lipinski definition) is 1. The van der Waals surface area contributed by atoms with Gasteiger partial charge in [-0.1, -0.05) is 17.7 Å². The molecule has 2 amide bonds. The summed E-state index contributed by atoms with van der Waals surface area (Å²) in [6.45, 7) is 1.34. The summed E-state index contributed by atoms with van der Waals surface area (Å²) >= 11 is 0. The molecule has 0 unspecified atom stereocenters. The van der Waals surface area contributed by atoms with E-state index >= 15 is 0 Å². The normalized spacial score (nSPS) is 17.2. The number of ether oxygens (including phenoxy) is 1. The van der Waals surface area contributed by atoms with Gasteiger partial charge < -0.3 is 15.0 Å². The number of amides is 2. The Morgan fingerprint density at radius 3 is 2.50 bits per heavy atom. The molecule has 1 heterocycles. The van der Waals surface area contributed by atoms with Gasteiger partial charge in [0.05, 0.1) is 11.4 Å². The van der Waals surface area contributed by atoms with Gasteiger partial charge in [0.25, 0.3) is 5.91 Å². The molecule has 9 nitrogen and oxygen atoms in total. The van der Waals surface area contributed by atoms with Crippen LogP contribution in [0.2, 0.25) is 0 Å². The first-order valence-corrected chi connectivity index (χ1v) is 10.3. The van der Waals surface area contributed by atoms with E-state index in [1.165, 1.54) is 26.2 Å². The lowest BCUT2D eigenvalue weighted by atomic mass is 10.2. The second kappa shape index (κ2) is 9.16. The molecule has 10 heteroatoms. The van der Waals surface area contributed by atoms with Crippen LogP contribution in [0.25, 0.3) is 0 Å². The molecular weight excluding hydrogens is 386 g/mol. The molecule has 1 aromatic rings. The molecule has 1 atom stereocenters. The Labute approximate surface area is 164 Å². The van der Waals surface area contributed by atoms with Gasteiger partial charge in [-0.05, 0) is 31.9 Å². The van der Waals surface area contributed by atoms with E-state index < -0.39 is 34.5 Å². The zero-order valence-corrected chi connectivity index (χ0v) is 17.0. The van der Waals surface area contributed by atoms with Crippen LogP contribution in [0.5, 0.6) is 0 Å². The van der Waals surface area contributed by atoms with Crippen molar-refractivity contribution in [1.29, 1.82) is 0 Å². The molecule has 1 fully saturated rings. The van der Waals surface area contributed by atoms with E-state index in [0.29, 0.717) is 12.8 Å². The minimum Gasteiger partial charge on any atom is -0.454 e. The standard InChI is InChI=1S/C18H25N3O6S/c1-13-6-8-14(9-7-13)28(25,26)21-10-4-5-15(21)18(24)27-12-17(23)20(3)11-16(22)19-2/h6-9,15H,4-5,10-12H2,1-3H3,(H,19,22)/t15-/m0/s1. The van der Waals surface area contributed by atoms with Crippen LogP contribution >= 0.6 is 0 Å². The fourth-order valence-corrected chi connectivity index (χ4v) is 4.48. The molecule has 0 aliphatic carbocycles. The largest absolute Gasteiger partial charge is 0.454 e. The summed E-state index contributed by atoms with van der Waals surface area (Å²) < 4.78 is 31.9. The van der Waals surface area contributed by atoms with Gasteiger partial charge in [-0.25, -0.2) is 8.42 Å². The monoisotopic (exact) mass is 411 g/mol. The van der Waals surface area contributed by atoms with E-state index in [4.69, 9.17) is 4.74 Å². The topological polar surface area (TPSA) is 113 Å². The van der Waals surface area contributed by atoms with Crippen LogP contribution in [0.1, 0.15) is 18.4 Å². The summed E-state index contributed by atoms with van der Waals surface area (Å²) in [6, 6.07) is 5.42. The minimum absolute atomic E-state index is 0.110. The van der Waals surface area contributed by atoms with Gasteiger partial charge in [-0.2, -0.15) is 4.31 Å². The van der Waals surface area contributed by atoms with Crippen molar-refractivity contribution in [2.45, 2.75) is 30.7 Å². The van der Waals surface area contributed by atoms with Crippen LogP contribution in [-0.4, -0.2) is 75.2 Å². The van der Waals surface area contributed by atoms with Gasteiger partial charge in [-0.3, -0.25) is 14.4 Å². The zero-order valence-electron chi connectivity index (χ0n) is 16.2. The summed E-state index contributed by atoms with van der Waals surface area (Å²) in [6.07, 6.45) is 0.849. The van der Waals surface area contributed by atoms with Crippen molar-refractivity contribution < 1.29 is 27.5 Å². The molecule has 0 aromatic heterocycles. The number of nitrogens with zero attached hydrogens (tertiary/aromatic N) is 2. The van der Waals surface area contributed by atoms with Gasteiger partial charge in [0, 0.05) is 20.6 Å². The molecular formula is C18H25N3O6S. The second-order valence-electron chi connectivity index (χ2n) is 6.62. The van der Waals surface area contributed by atoms with E-state index in [1.54, 1.807) is 12.1 Å². The molecule has 154 valence electrons. The maximum Gasteiger partial charge on any atom is 0.324 e. The summed E-state index contributed by atoms with van der Waals surface area (Å²) in [7, 11) is -0.980. The van der Waals surface area contributed by atoms with Gasteiger partial charge in [0.2, 0.25) is 15.9 Å². The molecule has 1 aliphatic rings. The first-order valence-electron chi connectivity index (χ1n) is 8.86. The lowest BCUT2D eigenvalue weighted by Gasteiger charge is -2.23. The Kier molecular flexibility index (Phi) is 7.14. The Hall–Kier alpha value is -2.46. The Morgan fingerprint density at radius 2 is 1.89 bits per heavy atom. The summed E-state index contributed by atoms with van der Waals surface area (Å²) in [4.78, 5) is 36.9. The van der Waals surface area contributed by atoms with Crippen molar-refractivity contribution in [3.63, 3.8) is 0 Å². The van der Waals surface area contributed by atoms with Gasteiger partial charge in [0.1, 0.15) is 6.04 Å². The van der Waals surface area contributed by atoms with Crippen LogP contribution in [-0.2, 0) is 29.1 Å². The third kappa shape index (κ3) is 5.08. The van der Waals surface area contributed by atoms with Crippen LogP contribution in [0.3, 0.4) is 0 Å². The average molecular weight is 411 g/mol. The van der Waals surface area contributed by atoms with Crippen LogP contribution < -0.4 is 5.32 Å². The molecule has 2 rings (SSSR count). The molecule has 1 saturated heterocycles. The van der Waals surface area contributed by atoms with E-state index in [1.807, 2.05) is 6.92 Å². The number of benzene rings is 1. The highest BCUT2D eigenvalue weighted by Crippen LogP contribution is 2.27. The third-order valence-corrected chi connectivity index (χ3v) is 6.45. The molecule has 0 saturated carbocycles. The summed E-state index contributed by atoms with van der Waals surface area (Å²) in [5.41, 5.74) is 0.927. The first kappa shape index (κ1) is 21.8. The number of aryl methyl sites for hydroxylation is 1. The average Bonchev–Trinajstić information content (AvgIpc) is 3.16. The summed E-state index contributed by atoms with van der Waals surface area (Å²) in [5.74, 6) is -1.67. The molecule has 0 spiro atoms. The number of hydrogen-bond acceptors (Lipinski definition) is 6. The number of carbonyl (C=O) groups is 3. The predicted octanol–water partition coefficient (Wildman–Crippen LogP) is -0.104. The first-order chi connectivity index (χ1) is 13.2. The highest BCUT2D eigenvalue weighted by molar-refractivity contribution is 7.89. The number of nitrogens with one attached hydrogen (secondary N) is 1. The van der Waals surface area contributed by atoms with Crippen LogP contribution in [0, 0.1) is 6.92 Å². The van der Waals surface area contributed by atoms with Crippen molar-refractivity contribution in [3.8, 4) is 0 Å². The summed E-state index contributed by atoms with van der Waals surface area (Å²) in [5, 5.41) is 2.39. The number of esters is 1. The lowest BCUT2D eigenvalue weighted by molar-refractivity contribution is -0.154. The lowest BCUT2D eigenvalue weighted by Crippen LogP contribution is -2.43. The zero-order chi connectivity index (χ0) is 20.9. The fraction of sp³-hybridized carbons (Fsp3) is 0.500.